The molecule has 3 aliphatic heterocycles. The monoisotopic (exact) mass is 319 g/mol. The van der Waals surface area contributed by atoms with Gasteiger partial charge in [-0.2, -0.15) is 0 Å². The van der Waals surface area contributed by atoms with Crippen molar-refractivity contribution >= 4 is 11.4 Å². The van der Waals surface area contributed by atoms with Gasteiger partial charge in [0, 0.05) is 37.4 Å². The van der Waals surface area contributed by atoms with E-state index in [0.29, 0.717) is 36.9 Å². The number of halogens is 1. The van der Waals surface area contributed by atoms with E-state index in [2.05, 4.69) is 15.5 Å². The molecular formula is C18H26FN3O. The van der Waals surface area contributed by atoms with Gasteiger partial charge in [-0.3, -0.25) is 0 Å². The van der Waals surface area contributed by atoms with Crippen molar-refractivity contribution in [2.24, 2.45) is 5.92 Å². The third-order valence-corrected chi connectivity index (χ3v) is 5.47. The summed E-state index contributed by atoms with van der Waals surface area (Å²) in [7, 11) is 0. The van der Waals surface area contributed by atoms with Gasteiger partial charge in [0.25, 0.3) is 0 Å². The molecule has 1 aromatic rings. The molecule has 0 radical (unpaired) electrons. The van der Waals surface area contributed by atoms with Gasteiger partial charge in [0.15, 0.2) is 0 Å². The highest BCUT2D eigenvalue weighted by molar-refractivity contribution is 5.56. The van der Waals surface area contributed by atoms with E-state index in [0.717, 1.165) is 25.3 Å². The SMILES string of the molecule is Fc1cc(NCC2CC3CCC(C2)N3)ccc1N1CCOCC1. The fourth-order valence-corrected chi connectivity index (χ4v) is 4.28. The maximum absolute atomic E-state index is 14.4. The first-order chi connectivity index (χ1) is 11.3. The molecule has 0 aromatic heterocycles. The van der Waals surface area contributed by atoms with Crippen LogP contribution < -0.4 is 15.5 Å². The van der Waals surface area contributed by atoms with Crippen molar-refractivity contribution in [2.45, 2.75) is 37.8 Å². The zero-order valence-corrected chi connectivity index (χ0v) is 13.6. The van der Waals surface area contributed by atoms with Gasteiger partial charge >= 0.3 is 0 Å². The van der Waals surface area contributed by atoms with Crippen molar-refractivity contribution in [3.8, 4) is 0 Å². The molecular weight excluding hydrogens is 293 g/mol. The fourth-order valence-electron chi connectivity index (χ4n) is 4.28. The fraction of sp³-hybridized carbons (Fsp3) is 0.667. The second-order valence-corrected chi connectivity index (χ2v) is 7.12. The van der Waals surface area contributed by atoms with Crippen LogP contribution in [0.5, 0.6) is 0 Å². The van der Waals surface area contributed by atoms with Gasteiger partial charge in [0.1, 0.15) is 5.82 Å². The van der Waals surface area contributed by atoms with Gasteiger partial charge in [-0.15, -0.1) is 0 Å². The second-order valence-electron chi connectivity index (χ2n) is 7.12. The Kier molecular flexibility index (Phi) is 4.40. The first-order valence-electron chi connectivity index (χ1n) is 8.90. The molecule has 23 heavy (non-hydrogen) atoms. The minimum atomic E-state index is -0.137. The van der Waals surface area contributed by atoms with Gasteiger partial charge < -0.3 is 20.3 Å². The zero-order chi connectivity index (χ0) is 15.6. The second kappa shape index (κ2) is 6.65. The van der Waals surface area contributed by atoms with Crippen LogP contribution in [0.4, 0.5) is 15.8 Å². The molecule has 3 aliphatic rings. The topological polar surface area (TPSA) is 36.5 Å². The number of benzene rings is 1. The Hall–Kier alpha value is -1.33. The average molecular weight is 319 g/mol. The number of rotatable bonds is 4. The highest BCUT2D eigenvalue weighted by Gasteiger charge is 2.33. The van der Waals surface area contributed by atoms with Crippen LogP contribution in [0, 0.1) is 11.7 Å². The first-order valence-corrected chi connectivity index (χ1v) is 8.90. The largest absolute Gasteiger partial charge is 0.385 e. The van der Waals surface area contributed by atoms with Crippen molar-refractivity contribution in [1.29, 1.82) is 0 Å². The predicted octanol–water partition coefficient (Wildman–Crippen LogP) is 2.60. The maximum atomic E-state index is 14.4. The lowest BCUT2D eigenvalue weighted by molar-refractivity contribution is 0.122. The Bertz CT molecular complexity index is 535. The normalized spacial score (nSPS) is 30.5. The molecule has 3 fully saturated rings. The van der Waals surface area contributed by atoms with Crippen LogP contribution in [-0.2, 0) is 4.74 Å². The van der Waals surface area contributed by atoms with Gasteiger partial charge in [-0.1, -0.05) is 0 Å². The predicted molar refractivity (Wildman–Crippen MR) is 90.6 cm³/mol. The Balaban J connectivity index is 1.35. The van der Waals surface area contributed by atoms with Crippen molar-refractivity contribution in [2.75, 3.05) is 43.1 Å². The standard InChI is InChI=1S/C18H26FN3O/c19-17-11-14(3-4-18(17)22-5-7-23-8-6-22)20-12-13-9-15-1-2-16(10-13)21-15/h3-4,11,13,15-16,20-21H,1-2,5-10,12H2. The Morgan fingerprint density at radius 1 is 1.17 bits per heavy atom. The summed E-state index contributed by atoms with van der Waals surface area (Å²) in [6.07, 6.45) is 5.14. The van der Waals surface area contributed by atoms with E-state index in [-0.39, 0.29) is 5.82 Å². The summed E-state index contributed by atoms with van der Waals surface area (Å²) in [5, 5.41) is 7.11. The van der Waals surface area contributed by atoms with Gasteiger partial charge in [0.2, 0.25) is 0 Å². The Morgan fingerprint density at radius 2 is 1.91 bits per heavy atom. The molecule has 2 unspecified atom stereocenters. The Morgan fingerprint density at radius 3 is 2.61 bits per heavy atom. The van der Waals surface area contributed by atoms with E-state index < -0.39 is 0 Å². The summed E-state index contributed by atoms with van der Waals surface area (Å²) < 4.78 is 19.7. The van der Waals surface area contributed by atoms with E-state index in [1.807, 2.05) is 12.1 Å². The number of morpholine rings is 1. The first kappa shape index (κ1) is 15.2. The zero-order valence-electron chi connectivity index (χ0n) is 13.6. The number of ether oxygens (including phenoxy) is 1. The van der Waals surface area contributed by atoms with Gasteiger partial charge in [0.05, 0.1) is 18.9 Å². The van der Waals surface area contributed by atoms with Crippen LogP contribution in [0.1, 0.15) is 25.7 Å². The van der Waals surface area contributed by atoms with E-state index in [1.54, 1.807) is 6.07 Å². The molecule has 4 rings (SSSR count). The van der Waals surface area contributed by atoms with Crippen LogP contribution >= 0.6 is 0 Å². The molecule has 126 valence electrons. The summed E-state index contributed by atoms with van der Waals surface area (Å²) in [6, 6.07) is 6.96. The van der Waals surface area contributed by atoms with Crippen LogP contribution in [0.3, 0.4) is 0 Å². The van der Waals surface area contributed by atoms with Crippen molar-refractivity contribution < 1.29 is 9.13 Å². The lowest BCUT2D eigenvalue weighted by Crippen LogP contribution is -2.40. The quantitative estimate of drug-likeness (QED) is 0.894. The van der Waals surface area contributed by atoms with E-state index in [1.165, 1.54) is 25.7 Å². The number of fused-ring (bicyclic) bond motifs is 2. The van der Waals surface area contributed by atoms with Crippen molar-refractivity contribution in [3.63, 3.8) is 0 Å². The lowest BCUT2D eigenvalue weighted by Gasteiger charge is -2.30. The average Bonchev–Trinajstić information content (AvgIpc) is 2.92. The molecule has 2 N–H and O–H groups in total. The summed E-state index contributed by atoms with van der Waals surface area (Å²) in [4.78, 5) is 2.06. The van der Waals surface area contributed by atoms with Crippen LogP contribution in [-0.4, -0.2) is 44.9 Å². The number of nitrogens with zero attached hydrogens (tertiary/aromatic N) is 1. The molecule has 2 bridgehead atoms. The van der Waals surface area contributed by atoms with Crippen molar-refractivity contribution in [1.82, 2.24) is 5.32 Å². The number of piperidine rings is 1. The number of anilines is 2. The van der Waals surface area contributed by atoms with Gasteiger partial charge in [-0.05, 0) is 49.8 Å². The summed E-state index contributed by atoms with van der Waals surface area (Å²) in [6.45, 7) is 3.84. The number of hydrogen-bond acceptors (Lipinski definition) is 4. The van der Waals surface area contributed by atoms with E-state index >= 15 is 0 Å². The molecule has 3 saturated heterocycles. The number of hydrogen-bond donors (Lipinski definition) is 2. The van der Waals surface area contributed by atoms with Crippen LogP contribution in [0.2, 0.25) is 0 Å². The molecule has 0 aliphatic carbocycles. The van der Waals surface area contributed by atoms with E-state index in [4.69, 9.17) is 4.74 Å². The van der Waals surface area contributed by atoms with Crippen LogP contribution in [0.15, 0.2) is 18.2 Å². The molecule has 1 aromatic carbocycles. The number of nitrogens with one attached hydrogen (secondary N) is 2. The van der Waals surface area contributed by atoms with E-state index in [9.17, 15) is 4.39 Å². The Labute approximate surface area is 137 Å². The van der Waals surface area contributed by atoms with Crippen LogP contribution in [0.25, 0.3) is 0 Å². The molecule has 0 amide bonds. The molecule has 5 heteroatoms. The third-order valence-electron chi connectivity index (χ3n) is 5.47. The highest BCUT2D eigenvalue weighted by Crippen LogP contribution is 2.31. The lowest BCUT2D eigenvalue weighted by atomic mass is 9.92. The summed E-state index contributed by atoms with van der Waals surface area (Å²) in [5.74, 6) is 0.568. The van der Waals surface area contributed by atoms with Gasteiger partial charge in [-0.25, -0.2) is 4.39 Å². The molecule has 3 heterocycles. The highest BCUT2D eigenvalue weighted by atomic mass is 19.1. The maximum Gasteiger partial charge on any atom is 0.148 e. The smallest absolute Gasteiger partial charge is 0.148 e. The molecule has 4 nitrogen and oxygen atoms in total. The minimum absolute atomic E-state index is 0.137. The minimum Gasteiger partial charge on any atom is -0.385 e. The summed E-state index contributed by atoms with van der Waals surface area (Å²) >= 11 is 0. The third kappa shape index (κ3) is 3.45. The molecule has 0 saturated carbocycles. The van der Waals surface area contributed by atoms with Crippen molar-refractivity contribution in [3.05, 3.63) is 24.0 Å². The molecule has 2 atom stereocenters. The summed E-state index contributed by atoms with van der Waals surface area (Å²) in [5.41, 5.74) is 1.59. The molecule has 0 spiro atoms.